The number of aromatic amines is 2. The van der Waals surface area contributed by atoms with Crippen LogP contribution >= 0.6 is 0 Å². The lowest BCUT2D eigenvalue weighted by Gasteiger charge is -2.41. The van der Waals surface area contributed by atoms with Gasteiger partial charge in [-0.1, -0.05) is 30.3 Å². The van der Waals surface area contributed by atoms with Gasteiger partial charge in [0.25, 0.3) is 5.91 Å². The highest BCUT2D eigenvalue weighted by Gasteiger charge is 2.43. The third-order valence-corrected chi connectivity index (χ3v) is 8.89. The molecule has 4 amide bonds. The smallest absolute Gasteiger partial charge is 0.410 e. The van der Waals surface area contributed by atoms with Crippen molar-refractivity contribution < 1.29 is 28.7 Å². The molecule has 0 spiro atoms. The molecule has 5 heterocycles. The van der Waals surface area contributed by atoms with E-state index in [9.17, 15) is 19.2 Å². The number of rotatable bonds is 7. The van der Waals surface area contributed by atoms with E-state index >= 15 is 0 Å². The molecule has 0 aliphatic carbocycles. The molecule has 3 atom stereocenters. The molecule has 6 rings (SSSR count). The molecule has 0 saturated carbocycles. The monoisotopic (exact) mass is 646 g/mol. The van der Waals surface area contributed by atoms with E-state index in [1.165, 1.54) is 7.11 Å². The zero-order valence-electron chi connectivity index (χ0n) is 27.2. The molecule has 14 heteroatoms. The van der Waals surface area contributed by atoms with Crippen LogP contribution in [0.15, 0.2) is 42.7 Å². The SMILES string of the molecule is COC(=O)N[C@@H](C(=O)N1CCC[C@H]1c1ncc(-c2cnc([C@@H]3CCCN3C(=O)C3CN(C(=O)OC(C)(C)C)C3)[nH]2)[nH]1)c1ccccc1. The molecule has 3 fully saturated rings. The number of hydrogen-bond donors (Lipinski definition) is 3. The number of amides is 4. The molecule has 47 heavy (non-hydrogen) atoms. The fraction of sp³-hybridized carbons (Fsp3) is 0.515. The van der Waals surface area contributed by atoms with Gasteiger partial charge in [0.2, 0.25) is 5.91 Å². The molecule has 3 aliphatic heterocycles. The summed E-state index contributed by atoms with van der Waals surface area (Å²) < 4.78 is 10.2. The fourth-order valence-corrected chi connectivity index (χ4v) is 6.54. The second kappa shape index (κ2) is 13.1. The second-order valence-corrected chi connectivity index (χ2v) is 13.3. The van der Waals surface area contributed by atoms with Gasteiger partial charge in [0.15, 0.2) is 0 Å². The maximum atomic E-state index is 13.8. The summed E-state index contributed by atoms with van der Waals surface area (Å²) >= 11 is 0. The van der Waals surface area contributed by atoms with Gasteiger partial charge < -0.3 is 39.5 Å². The van der Waals surface area contributed by atoms with Crippen LogP contribution in [0.25, 0.3) is 11.4 Å². The largest absolute Gasteiger partial charge is 0.453 e. The molecule has 2 aromatic heterocycles. The Morgan fingerprint density at radius 2 is 1.47 bits per heavy atom. The van der Waals surface area contributed by atoms with E-state index in [2.05, 4.69) is 25.3 Å². The van der Waals surface area contributed by atoms with Gasteiger partial charge in [-0.05, 0) is 52.0 Å². The standard InChI is InChI=1S/C33H42N8O6/c1-33(2,3)47-32(45)39-18-21(19-39)29(42)40-14-8-12-24(40)27-34-16-22(36-27)23-17-35-28(37-23)25-13-9-15-41(25)30(43)26(38-31(44)46-4)20-10-6-5-7-11-20/h5-7,10-11,16-17,21,24-26H,8-9,12-15,18-19H2,1-4H3,(H,34,36)(H,35,37)(H,38,44)/t24-,25-,26+/m0/s1. The van der Waals surface area contributed by atoms with Crippen molar-refractivity contribution in [3.8, 4) is 11.4 Å². The van der Waals surface area contributed by atoms with Crippen molar-refractivity contribution in [3.05, 3.63) is 59.9 Å². The number of imidazole rings is 2. The summed E-state index contributed by atoms with van der Waals surface area (Å²) in [6, 6.07) is 7.72. The van der Waals surface area contributed by atoms with Crippen molar-refractivity contribution in [3.63, 3.8) is 0 Å². The van der Waals surface area contributed by atoms with Crippen molar-refractivity contribution in [2.75, 3.05) is 33.3 Å². The van der Waals surface area contributed by atoms with Crippen LogP contribution in [0, 0.1) is 5.92 Å². The predicted molar refractivity (Wildman–Crippen MR) is 170 cm³/mol. The lowest BCUT2D eigenvalue weighted by atomic mass is 9.98. The van der Waals surface area contributed by atoms with E-state index in [4.69, 9.17) is 9.47 Å². The maximum Gasteiger partial charge on any atom is 0.410 e. The molecule has 3 N–H and O–H groups in total. The van der Waals surface area contributed by atoms with Crippen molar-refractivity contribution in [1.82, 2.24) is 40.0 Å². The average molecular weight is 647 g/mol. The van der Waals surface area contributed by atoms with Crippen molar-refractivity contribution in [2.24, 2.45) is 5.92 Å². The number of methoxy groups -OCH3 is 1. The summed E-state index contributed by atoms with van der Waals surface area (Å²) in [5, 5.41) is 2.69. The molecular weight excluding hydrogens is 604 g/mol. The fourth-order valence-electron chi connectivity index (χ4n) is 6.54. The van der Waals surface area contributed by atoms with Crippen LogP contribution in [0.3, 0.4) is 0 Å². The number of aromatic nitrogens is 4. The third kappa shape index (κ3) is 6.81. The number of nitrogens with zero attached hydrogens (tertiary/aromatic N) is 5. The predicted octanol–water partition coefficient (Wildman–Crippen LogP) is 4.09. The van der Waals surface area contributed by atoms with Gasteiger partial charge in [0.1, 0.15) is 23.3 Å². The molecule has 14 nitrogen and oxygen atoms in total. The van der Waals surface area contributed by atoms with Crippen LogP contribution < -0.4 is 5.32 Å². The molecule has 0 bridgehead atoms. The molecule has 3 aromatic rings. The zero-order valence-corrected chi connectivity index (χ0v) is 27.2. The number of ether oxygens (including phenoxy) is 2. The number of alkyl carbamates (subject to hydrolysis) is 1. The van der Waals surface area contributed by atoms with Gasteiger partial charge in [0.05, 0.1) is 48.9 Å². The highest BCUT2D eigenvalue weighted by molar-refractivity contribution is 5.87. The maximum absolute atomic E-state index is 13.8. The van der Waals surface area contributed by atoms with E-state index in [0.29, 0.717) is 49.1 Å². The lowest BCUT2D eigenvalue weighted by Crippen LogP contribution is -2.57. The van der Waals surface area contributed by atoms with Gasteiger partial charge in [0, 0.05) is 26.2 Å². The van der Waals surface area contributed by atoms with E-state index < -0.39 is 23.8 Å². The normalized spacial score (nSPS) is 20.6. The van der Waals surface area contributed by atoms with Crippen LogP contribution in [-0.2, 0) is 19.1 Å². The molecule has 0 radical (unpaired) electrons. The Morgan fingerprint density at radius 1 is 0.894 bits per heavy atom. The summed E-state index contributed by atoms with van der Waals surface area (Å²) in [4.78, 5) is 72.9. The summed E-state index contributed by atoms with van der Waals surface area (Å²) in [6.45, 7) is 7.33. The van der Waals surface area contributed by atoms with Crippen LogP contribution in [0.1, 0.15) is 81.8 Å². The molecule has 0 unspecified atom stereocenters. The number of carbonyl (C=O) groups is 4. The van der Waals surface area contributed by atoms with Gasteiger partial charge in [-0.25, -0.2) is 19.6 Å². The number of likely N-dealkylation sites (tertiary alicyclic amines) is 3. The molecular formula is C33H42N8O6. The Kier molecular flexibility index (Phi) is 8.93. The first-order valence-corrected chi connectivity index (χ1v) is 16.1. The molecule has 250 valence electrons. The summed E-state index contributed by atoms with van der Waals surface area (Å²) in [7, 11) is 1.27. The average Bonchev–Trinajstić information content (AvgIpc) is 3.83. The molecule has 1 aromatic carbocycles. The highest BCUT2D eigenvalue weighted by atomic mass is 16.6. The first-order valence-electron chi connectivity index (χ1n) is 16.1. The number of benzene rings is 1. The number of nitrogens with one attached hydrogen (secondary N) is 3. The van der Waals surface area contributed by atoms with Gasteiger partial charge in [-0.3, -0.25) is 9.59 Å². The summed E-state index contributed by atoms with van der Waals surface area (Å²) in [5.41, 5.74) is 1.52. The van der Waals surface area contributed by atoms with E-state index in [0.717, 1.165) is 31.4 Å². The highest BCUT2D eigenvalue weighted by Crippen LogP contribution is 2.36. The van der Waals surface area contributed by atoms with E-state index in [-0.39, 0.29) is 29.8 Å². The van der Waals surface area contributed by atoms with E-state index in [1.54, 1.807) is 34.3 Å². The van der Waals surface area contributed by atoms with Gasteiger partial charge >= 0.3 is 12.2 Å². The van der Waals surface area contributed by atoms with Crippen molar-refractivity contribution >= 4 is 24.0 Å². The van der Waals surface area contributed by atoms with Crippen LogP contribution in [0.2, 0.25) is 0 Å². The van der Waals surface area contributed by atoms with Gasteiger partial charge in [-0.2, -0.15) is 0 Å². The number of carbonyl (C=O) groups excluding carboxylic acids is 4. The Morgan fingerprint density at radius 3 is 2.04 bits per heavy atom. The second-order valence-electron chi connectivity index (χ2n) is 13.3. The Bertz CT molecular complexity index is 1610. The molecule has 3 aliphatic rings. The van der Waals surface area contributed by atoms with Crippen molar-refractivity contribution in [2.45, 2.75) is 70.2 Å². The Labute approximate surface area is 273 Å². The van der Waals surface area contributed by atoms with Crippen LogP contribution in [-0.4, -0.2) is 97.5 Å². The Hall–Kier alpha value is -4.88. The topological polar surface area (TPSA) is 166 Å². The Balaban J connectivity index is 1.12. The molecule has 3 saturated heterocycles. The number of hydrogen-bond acceptors (Lipinski definition) is 8. The lowest BCUT2D eigenvalue weighted by molar-refractivity contribution is -0.141. The quantitative estimate of drug-likeness (QED) is 0.345. The summed E-state index contributed by atoms with van der Waals surface area (Å²) in [6.07, 6.45) is 5.53. The number of H-pyrrole nitrogens is 2. The van der Waals surface area contributed by atoms with Crippen LogP contribution in [0.4, 0.5) is 9.59 Å². The minimum absolute atomic E-state index is 0.0237. The zero-order chi connectivity index (χ0) is 33.3. The van der Waals surface area contributed by atoms with Gasteiger partial charge in [-0.15, -0.1) is 0 Å². The van der Waals surface area contributed by atoms with Crippen molar-refractivity contribution in [1.29, 1.82) is 0 Å². The first kappa shape index (κ1) is 32.1. The van der Waals surface area contributed by atoms with E-state index in [1.807, 2.05) is 43.9 Å². The van der Waals surface area contributed by atoms with Crippen LogP contribution in [0.5, 0.6) is 0 Å². The third-order valence-electron chi connectivity index (χ3n) is 8.89. The minimum Gasteiger partial charge on any atom is -0.453 e. The first-order chi connectivity index (χ1) is 22.5. The minimum atomic E-state index is -0.897. The summed E-state index contributed by atoms with van der Waals surface area (Å²) in [5.74, 6) is 0.869.